The van der Waals surface area contributed by atoms with Crippen molar-refractivity contribution in [2.75, 3.05) is 6.61 Å². The molecule has 6 nitrogen and oxygen atoms in total. The molecule has 0 saturated heterocycles. The zero-order valence-electron chi connectivity index (χ0n) is 15.6. The van der Waals surface area contributed by atoms with E-state index in [9.17, 15) is 9.59 Å². The molecule has 146 valence electrons. The molecule has 1 N–H and O–H groups in total. The number of carbonyl (C=O) groups is 1. The van der Waals surface area contributed by atoms with Crippen molar-refractivity contribution in [3.05, 3.63) is 70.1 Å². The predicted molar refractivity (Wildman–Crippen MR) is 104 cm³/mol. The van der Waals surface area contributed by atoms with Crippen molar-refractivity contribution in [2.24, 2.45) is 5.41 Å². The Balaban J connectivity index is 0.00000114. The highest BCUT2D eigenvalue weighted by Crippen LogP contribution is 2.22. The Labute approximate surface area is 162 Å². The number of aryl methyl sites for hydroxylation is 3. The van der Waals surface area contributed by atoms with Crippen molar-refractivity contribution in [2.45, 2.75) is 39.7 Å². The molecule has 0 amide bonds. The topological polar surface area (TPSA) is 93.4 Å². The minimum absolute atomic E-state index is 0.0483. The Morgan fingerprint density at radius 2 is 1.67 bits per heavy atom. The smallest absolute Gasteiger partial charge is 0.335 e. The van der Waals surface area contributed by atoms with Gasteiger partial charge in [0.05, 0.1) is 0 Å². The first-order chi connectivity index (χ1) is 12.8. The Morgan fingerprint density at radius 3 is 2.22 bits per heavy atom. The molecular formula is C20H25NO5S. The molecule has 7 heteroatoms. The summed E-state index contributed by atoms with van der Waals surface area (Å²) in [6.45, 7) is 3.60. The largest absolute Gasteiger partial charge is 0.389 e. The third-order valence-electron chi connectivity index (χ3n) is 4.48. The standard InChI is InChI=1S/C20H25NO3.O2S/c1-20(2,18(23)15-22)11-13-21-12-10-17(14-19(21)24)9-8-16-6-4-3-5-7-16;1-3-2/h3-7,10,12,14,22H,8-9,11,13,15H2,1-2H3;. The van der Waals surface area contributed by atoms with Crippen LogP contribution in [0.5, 0.6) is 0 Å². The summed E-state index contributed by atoms with van der Waals surface area (Å²) in [5, 5.41) is 8.99. The number of hydrogen-bond acceptors (Lipinski definition) is 5. The second kappa shape index (κ2) is 11.4. The zero-order valence-corrected chi connectivity index (χ0v) is 16.4. The first-order valence-corrected chi connectivity index (χ1v) is 9.30. The van der Waals surface area contributed by atoms with Crippen LogP contribution >= 0.6 is 0 Å². The molecule has 0 fully saturated rings. The van der Waals surface area contributed by atoms with E-state index in [1.165, 1.54) is 5.56 Å². The van der Waals surface area contributed by atoms with E-state index in [0.717, 1.165) is 18.4 Å². The first kappa shape index (κ1) is 22.7. The monoisotopic (exact) mass is 391 g/mol. The minimum Gasteiger partial charge on any atom is -0.389 e. The van der Waals surface area contributed by atoms with Gasteiger partial charge in [-0.05, 0) is 36.5 Å². The van der Waals surface area contributed by atoms with E-state index in [0.29, 0.717) is 13.0 Å². The number of ketones is 1. The lowest BCUT2D eigenvalue weighted by Gasteiger charge is -2.22. The van der Waals surface area contributed by atoms with Crippen molar-refractivity contribution >= 4 is 17.4 Å². The molecule has 0 atom stereocenters. The van der Waals surface area contributed by atoms with Gasteiger partial charge in [0.1, 0.15) is 6.61 Å². The van der Waals surface area contributed by atoms with Crippen molar-refractivity contribution < 1.29 is 18.3 Å². The van der Waals surface area contributed by atoms with Crippen molar-refractivity contribution in [1.82, 2.24) is 4.57 Å². The molecule has 2 rings (SSSR count). The van der Waals surface area contributed by atoms with Gasteiger partial charge >= 0.3 is 11.6 Å². The predicted octanol–water partition coefficient (Wildman–Crippen LogP) is 1.94. The average Bonchev–Trinajstić information content (AvgIpc) is 2.66. The van der Waals surface area contributed by atoms with Gasteiger partial charge in [0, 0.05) is 24.2 Å². The molecule has 0 saturated carbocycles. The Morgan fingerprint density at radius 1 is 1.07 bits per heavy atom. The van der Waals surface area contributed by atoms with Crippen LogP contribution in [0, 0.1) is 5.41 Å². The summed E-state index contributed by atoms with van der Waals surface area (Å²) < 4.78 is 18.2. The summed E-state index contributed by atoms with van der Waals surface area (Å²) in [5.41, 5.74) is 1.60. The van der Waals surface area contributed by atoms with Gasteiger partial charge in [-0.1, -0.05) is 44.2 Å². The average molecular weight is 391 g/mol. The van der Waals surface area contributed by atoms with Crippen LogP contribution < -0.4 is 5.56 Å². The highest BCUT2D eigenvalue weighted by atomic mass is 32.1. The van der Waals surface area contributed by atoms with Crippen LogP contribution in [0.2, 0.25) is 0 Å². The van der Waals surface area contributed by atoms with Gasteiger partial charge in [0.25, 0.3) is 5.56 Å². The number of aromatic nitrogens is 1. The molecule has 0 bridgehead atoms. The maximum atomic E-state index is 12.2. The maximum Gasteiger partial charge on any atom is 0.335 e. The van der Waals surface area contributed by atoms with Crippen molar-refractivity contribution in [3.63, 3.8) is 0 Å². The number of benzene rings is 1. The van der Waals surface area contributed by atoms with E-state index in [4.69, 9.17) is 13.5 Å². The molecule has 0 spiro atoms. The van der Waals surface area contributed by atoms with Crippen LogP contribution in [0.4, 0.5) is 0 Å². The molecule has 27 heavy (non-hydrogen) atoms. The summed E-state index contributed by atoms with van der Waals surface area (Å²) >= 11 is -0.750. The van der Waals surface area contributed by atoms with E-state index in [1.807, 2.05) is 24.3 Å². The number of aliphatic hydroxyl groups excluding tert-OH is 1. The number of hydrogen-bond donors (Lipinski definition) is 1. The van der Waals surface area contributed by atoms with Gasteiger partial charge in [-0.3, -0.25) is 9.59 Å². The van der Waals surface area contributed by atoms with Gasteiger partial charge in [-0.2, -0.15) is 8.42 Å². The maximum absolute atomic E-state index is 12.2. The van der Waals surface area contributed by atoms with Gasteiger partial charge in [-0.25, -0.2) is 0 Å². The lowest BCUT2D eigenvalue weighted by atomic mass is 9.85. The second-order valence-electron chi connectivity index (χ2n) is 6.84. The van der Waals surface area contributed by atoms with Crippen LogP contribution in [0.15, 0.2) is 53.5 Å². The second-order valence-corrected chi connectivity index (χ2v) is 6.97. The lowest BCUT2D eigenvalue weighted by molar-refractivity contribution is -0.130. The summed E-state index contributed by atoms with van der Waals surface area (Å²) in [4.78, 5) is 23.9. The molecule has 0 radical (unpaired) electrons. The quantitative estimate of drug-likeness (QED) is 0.742. The minimum atomic E-state index is -0.750. The van der Waals surface area contributed by atoms with Crippen LogP contribution in [-0.4, -0.2) is 30.5 Å². The van der Waals surface area contributed by atoms with E-state index in [1.54, 1.807) is 30.7 Å². The molecule has 1 heterocycles. The van der Waals surface area contributed by atoms with Crippen molar-refractivity contribution in [3.8, 4) is 0 Å². The van der Waals surface area contributed by atoms with E-state index >= 15 is 0 Å². The highest BCUT2D eigenvalue weighted by Gasteiger charge is 2.26. The molecule has 0 aliphatic rings. The number of Topliss-reactive ketones (excluding diaryl/α,β-unsaturated/α-hetero) is 1. The van der Waals surface area contributed by atoms with E-state index in [2.05, 4.69) is 12.1 Å². The SMILES string of the molecule is CC(C)(CCn1ccc(CCc2ccccc2)cc1=O)C(=O)CO.O=S=O. The number of aliphatic hydroxyl groups is 1. The third-order valence-corrected chi connectivity index (χ3v) is 4.48. The van der Waals surface area contributed by atoms with Gasteiger partial charge < -0.3 is 9.67 Å². The number of pyridine rings is 1. The number of rotatable bonds is 8. The van der Waals surface area contributed by atoms with E-state index < -0.39 is 23.6 Å². The van der Waals surface area contributed by atoms with E-state index in [-0.39, 0.29) is 11.3 Å². The van der Waals surface area contributed by atoms with Gasteiger partial charge in [0.15, 0.2) is 5.78 Å². The molecule has 2 aromatic rings. The third kappa shape index (κ3) is 7.80. The normalized spacial score (nSPS) is 10.6. The Bertz CT molecular complexity index is 824. The first-order valence-electron chi connectivity index (χ1n) is 8.63. The number of carbonyl (C=O) groups excluding carboxylic acids is 1. The highest BCUT2D eigenvalue weighted by molar-refractivity contribution is 7.51. The molecule has 1 aromatic carbocycles. The molecular weight excluding hydrogens is 366 g/mol. The Hall–Kier alpha value is -2.38. The molecule has 0 aliphatic heterocycles. The summed E-state index contributed by atoms with van der Waals surface area (Å²) in [6.07, 6.45) is 4.05. The fraction of sp³-hybridized carbons (Fsp3) is 0.400. The van der Waals surface area contributed by atoms with Crippen LogP contribution in [0.3, 0.4) is 0 Å². The van der Waals surface area contributed by atoms with Gasteiger partial charge in [0.2, 0.25) is 0 Å². The van der Waals surface area contributed by atoms with Crippen LogP contribution in [0.1, 0.15) is 31.4 Å². The van der Waals surface area contributed by atoms with Crippen molar-refractivity contribution in [1.29, 1.82) is 0 Å². The lowest BCUT2D eigenvalue weighted by Crippen LogP contribution is -2.30. The Kier molecular flexibility index (Phi) is 9.53. The summed E-state index contributed by atoms with van der Waals surface area (Å²) in [7, 11) is 0. The molecule has 1 aromatic heterocycles. The number of nitrogens with zero attached hydrogens (tertiary/aromatic N) is 1. The van der Waals surface area contributed by atoms with Crippen LogP contribution in [0.25, 0.3) is 0 Å². The van der Waals surface area contributed by atoms with Gasteiger partial charge in [-0.15, -0.1) is 0 Å². The molecule has 0 unspecified atom stereocenters. The zero-order chi connectivity index (χ0) is 20.3. The fourth-order valence-electron chi connectivity index (χ4n) is 2.58. The summed E-state index contributed by atoms with van der Waals surface area (Å²) in [6, 6.07) is 13.8. The molecule has 0 aliphatic carbocycles. The summed E-state index contributed by atoms with van der Waals surface area (Å²) in [5.74, 6) is -0.199. The fourth-order valence-corrected chi connectivity index (χ4v) is 2.58. The van der Waals surface area contributed by atoms with Crippen LogP contribution in [-0.2, 0) is 35.8 Å².